The fourth-order valence-corrected chi connectivity index (χ4v) is 2.96. The molecule has 0 spiro atoms. The Morgan fingerprint density at radius 3 is 1.35 bits per heavy atom. The van der Waals surface area contributed by atoms with Gasteiger partial charge in [0.1, 0.15) is 0 Å². The molecule has 23 heavy (non-hydrogen) atoms. The molecule has 2 aromatic rings. The van der Waals surface area contributed by atoms with E-state index in [-0.39, 0.29) is 37.7 Å². The first-order chi connectivity index (χ1) is 10.1. The van der Waals surface area contributed by atoms with E-state index in [0.717, 1.165) is 11.4 Å². The second-order valence-electron chi connectivity index (χ2n) is 5.48. The van der Waals surface area contributed by atoms with Crippen molar-refractivity contribution in [3.63, 3.8) is 0 Å². The molecular formula is C18H22Li2N2S. The van der Waals surface area contributed by atoms with Crippen molar-refractivity contribution < 1.29 is 37.7 Å². The van der Waals surface area contributed by atoms with Gasteiger partial charge in [-0.25, -0.2) is 0 Å². The third-order valence-electron chi connectivity index (χ3n) is 2.74. The molecule has 0 amide bonds. The van der Waals surface area contributed by atoms with E-state index in [4.69, 9.17) is 10.6 Å². The summed E-state index contributed by atoms with van der Waals surface area (Å²) in [4.78, 5) is 2.36. The summed E-state index contributed by atoms with van der Waals surface area (Å²) < 4.78 is 0. The molecule has 0 unspecified atom stereocenters. The molecule has 0 aliphatic carbocycles. The van der Waals surface area contributed by atoms with Gasteiger partial charge in [-0.3, -0.25) is 0 Å². The molecule has 2 rings (SSSR count). The molecule has 0 aliphatic rings. The van der Waals surface area contributed by atoms with Gasteiger partial charge in [-0.15, -0.1) is 23.5 Å². The molecule has 2 nitrogen and oxygen atoms in total. The van der Waals surface area contributed by atoms with Crippen LogP contribution in [0.1, 0.15) is 27.7 Å². The second-order valence-corrected chi connectivity index (χ2v) is 6.57. The van der Waals surface area contributed by atoms with Crippen molar-refractivity contribution in [3.05, 3.63) is 59.2 Å². The maximum absolute atomic E-state index is 4.69. The van der Waals surface area contributed by atoms with Crippen molar-refractivity contribution in [1.29, 1.82) is 0 Å². The predicted molar refractivity (Wildman–Crippen MR) is 93.3 cm³/mol. The predicted octanol–water partition coefficient (Wildman–Crippen LogP) is 0.673. The molecule has 0 bridgehead atoms. The SMILES string of the molecule is CC(C)[N-]c1ccccc1Sc1ccccc1[N-]C(C)C.[Li+].[Li+]. The van der Waals surface area contributed by atoms with E-state index in [1.165, 1.54) is 9.79 Å². The van der Waals surface area contributed by atoms with Gasteiger partial charge in [0.05, 0.1) is 0 Å². The number of para-hydroxylation sites is 2. The van der Waals surface area contributed by atoms with Crippen LogP contribution < -0.4 is 37.7 Å². The van der Waals surface area contributed by atoms with Gasteiger partial charge in [0.25, 0.3) is 0 Å². The Morgan fingerprint density at radius 1 is 0.652 bits per heavy atom. The van der Waals surface area contributed by atoms with Gasteiger partial charge in [-0.2, -0.15) is 0 Å². The van der Waals surface area contributed by atoms with E-state index in [1.807, 2.05) is 12.1 Å². The Labute approximate surface area is 168 Å². The van der Waals surface area contributed by atoms with Crippen LogP contribution in [0.2, 0.25) is 0 Å². The molecule has 0 aliphatic heterocycles. The molecule has 0 saturated carbocycles. The van der Waals surface area contributed by atoms with Crippen LogP contribution in [-0.2, 0) is 0 Å². The minimum atomic E-state index is 0. The molecule has 0 aromatic heterocycles. The fourth-order valence-electron chi connectivity index (χ4n) is 1.98. The monoisotopic (exact) mass is 312 g/mol. The molecule has 0 saturated heterocycles. The first-order valence-electron chi connectivity index (χ1n) is 7.34. The van der Waals surface area contributed by atoms with Gasteiger partial charge < -0.3 is 10.6 Å². The van der Waals surface area contributed by atoms with Gasteiger partial charge in [0, 0.05) is 0 Å². The fraction of sp³-hybridized carbons (Fsp3) is 0.333. The number of nitrogens with zero attached hydrogens (tertiary/aromatic N) is 2. The zero-order valence-corrected chi connectivity index (χ0v) is 15.9. The van der Waals surface area contributed by atoms with Crippen LogP contribution in [0.5, 0.6) is 0 Å². The van der Waals surface area contributed by atoms with E-state index in [0.29, 0.717) is 12.1 Å². The summed E-state index contributed by atoms with van der Waals surface area (Å²) in [6, 6.07) is 17.2. The van der Waals surface area contributed by atoms with E-state index < -0.39 is 0 Å². The molecule has 0 heterocycles. The van der Waals surface area contributed by atoms with Crippen LogP contribution in [0.4, 0.5) is 11.4 Å². The van der Waals surface area contributed by atoms with Crippen molar-refractivity contribution in [2.45, 2.75) is 49.6 Å². The number of hydrogen-bond acceptors (Lipinski definition) is 1. The molecular weight excluding hydrogens is 290 g/mol. The maximum atomic E-state index is 4.69. The molecule has 0 N–H and O–H groups in total. The Kier molecular flexibility index (Phi) is 11.0. The average molecular weight is 312 g/mol. The van der Waals surface area contributed by atoms with Crippen LogP contribution in [0, 0.1) is 0 Å². The number of rotatable bonds is 6. The van der Waals surface area contributed by atoms with Gasteiger partial charge in [-0.05, 0) is 21.9 Å². The minimum absolute atomic E-state index is 0. The number of hydrogen-bond donors (Lipinski definition) is 0. The zero-order chi connectivity index (χ0) is 15.2. The molecule has 0 fully saturated rings. The Balaban J connectivity index is 0.00000242. The van der Waals surface area contributed by atoms with E-state index >= 15 is 0 Å². The van der Waals surface area contributed by atoms with Crippen molar-refractivity contribution in [2.75, 3.05) is 0 Å². The van der Waals surface area contributed by atoms with Gasteiger partial charge in [-0.1, -0.05) is 75.9 Å². The molecule has 0 radical (unpaired) electrons. The van der Waals surface area contributed by atoms with Crippen LogP contribution in [0.3, 0.4) is 0 Å². The van der Waals surface area contributed by atoms with E-state index in [9.17, 15) is 0 Å². The summed E-state index contributed by atoms with van der Waals surface area (Å²) in [5, 5.41) is 9.39. The summed E-state index contributed by atoms with van der Waals surface area (Å²) in [6.45, 7) is 8.40. The molecule has 0 atom stereocenters. The topological polar surface area (TPSA) is 28.2 Å². The van der Waals surface area contributed by atoms with E-state index in [2.05, 4.69) is 64.1 Å². The number of benzene rings is 2. The Hall–Kier alpha value is -0.415. The van der Waals surface area contributed by atoms with E-state index in [1.54, 1.807) is 11.8 Å². The largest absolute Gasteiger partial charge is 1.00 e. The average Bonchev–Trinajstić information content (AvgIpc) is 2.42. The maximum Gasteiger partial charge on any atom is 1.00 e. The quantitative estimate of drug-likeness (QED) is 0.721. The van der Waals surface area contributed by atoms with Crippen molar-refractivity contribution in [1.82, 2.24) is 0 Å². The molecule has 2 aromatic carbocycles. The minimum Gasteiger partial charge on any atom is -0.681 e. The van der Waals surface area contributed by atoms with Crippen LogP contribution in [-0.4, -0.2) is 12.1 Å². The normalized spacial score (nSPS) is 10.0. The van der Waals surface area contributed by atoms with Gasteiger partial charge in [0.15, 0.2) is 0 Å². The van der Waals surface area contributed by atoms with Gasteiger partial charge >= 0.3 is 37.7 Å². The van der Waals surface area contributed by atoms with Gasteiger partial charge in [0.2, 0.25) is 0 Å². The summed E-state index contributed by atoms with van der Waals surface area (Å²) >= 11 is 1.74. The zero-order valence-electron chi connectivity index (χ0n) is 15.1. The van der Waals surface area contributed by atoms with Crippen molar-refractivity contribution in [3.8, 4) is 0 Å². The first kappa shape index (κ1) is 22.6. The second kappa shape index (κ2) is 11.2. The molecule has 5 heteroatoms. The summed E-state index contributed by atoms with van der Waals surface area (Å²) in [7, 11) is 0. The van der Waals surface area contributed by atoms with Crippen LogP contribution >= 0.6 is 11.8 Å². The standard InChI is InChI=1S/C18H22N2S.2Li/c1-13(2)19-15-9-5-7-11-17(15)21-18-12-8-6-10-16(18)20-14(3)4;;/h5-14H,1-4H3;;/q-2;2*+1. The molecule has 112 valence electrons. The third kappa shape index (κ3) is 7.34. The summed E-state index contributed by atoms with van der Waals surface area (Å²) in [5.74, 6) is 0. The van der Waals surface area contributed by atoms with Crippen molar-refractivity contribution >= 4 is 23.1 Å². The smallest absolute Gasteiger partial charge is 0.681 e. The summed E-state index contributed by atoms with van der Waals surface area (Å²) in [5.41, 5.74) is 2.11. The Bertz CT molecular complexity index is 537. The van der Waals surface area contributed by atoms with Crippen LogP contribution in [0.25, 0.3) is 10.6 Å². The third-order valence-corrected chi connectivity index (χ3v) is 3.88. The Morgan fingerprint density at radius 2 is 1.00 bits per heavy atom. The van der Waals surface area contributed by atoms with Crippen LogP contribution in [0.15, 0.2) is 58.3 Å². The first-order valence-corrected chi connectivity index (χ1v) is 8.15. The van der Waals surface area contributed by atoms with Crippen molar-refractivity contribution in [2.24, 2.45) is 0 Å². The summed E-state index contributed by atoms with van der Waals surface area (Å²) in [6.07, 6.45) is 0.